The van der Waals surface area contributed by atoms with Gasteiger partial charge in [-0.2, -0.15) is 5.10 Å². The van der Waals surface area contributed by atoms with Gasteiger partial charge in [-0.25, -0.2) is 0 Å². The molecule has 1 aromatic carbocycles. The zero-order valence-corrected chi connectivity index (χ0v) is 18.4. The van der Waals surface area contributed by atoms with Crippen molar-refractivity contribution in [2.24, 2.45) is 5.92 Å². The number of aromatic nitrogens is 2. The Morgan fingerprint density at radius 2 is 2.00 bits per heavy atom. The van der Waals surface area contributed by atoms with Crippen LogP contribution < -0.4 is 10.1 Å². The van der Waals surface area contributed by atoms with Gasteiger partial charge in [-0.3, -0.25) is 14.3 Å². The van der Waals surface area contributed by atoms with Crippen molar-refractivity contribution in [2.45, 2.75) is 53.1 Å². The van der Waals surface area contributed by atoms with E-state index in [1.165, 1.54) is 0 Å². The zero-order valence-electron chi connectivity index (χ0n) is 18.4. The van der Waals surface area contributed by atoms with E-state index in [0.29, 0.717) is 32.5 Å². The number of hydrogen-bond acceptors (Lipinski definition) is 4. The molecule has 0 radical (unpaired) electrons. The van der Waals surface area contributed by atoms with Crippen molar-refractivity contribution >= 4 is 11.8 Å². The van der Waals surface area contributed by atoms with Crippen molar-refractivity contribution in [1.82, 2.24) is 20.0 Å². The van der Waals surface area contributed by atoms with Gasteiger partial charge in [-0.05, 0) is 51.3 Å². The summed E-state index contributed by atoms with van der Waals surface area (Å²) in [5, 5.41) is 7.58. The van der Waals surface area contributed by atoms with Gasteiger partial charge in [0, 0.05) is 43.9 Å². The molecule has 7 nitrogen and oxygen atoms in total. The molecule has 1 aliphatic rings. The zero-order chi connectivity index (χ0) is 21.7. The number of piperidine rings is 1. The van der Waals surface area contributed by atoms with Gasteiger partial charge in [-0.15, -0.1) is 0 Å². The molecule has 2 amide bonds. The summed E-state index contributed by atoms with van der Waals surface area (Å²) in [7, 11) is 1.64. The van der Waals surface area contributed by atoms with Crippen LogP contribution in [0.2, 0.25) is 0 Å². The van der Waals surface area contributed by atoms with Crippen LogP contribution in [0.3, 0.4) is 0 Å². The number of carbonyl (C=O) groups excluding carboxylic acids is 2. The highest BCUT2D eigenvalue weighted by atomic mass is 16.5. The number of benzene rings is 1. The average Bonchev–Trinajstić information content (AvgIpc) is 3.04. The normalized spacial score (nSPS) is 16.6. The SMILES string of the molecule is CCn1nc(C)c(CNC(=O)[C@H]2CCC(=O)N(CCc3ccc(OC)cc3)C2)c1C. The minimum Gasteiger partial charge on any atom is -0.497 e. The first kappa shape index (κ1) is 21.9. The number of carbonyl (C=O) groups is 2. The maximum atomic E-state index is 12.8. The quantitative estimate of drug-likeness (QED) is 0.723. The summed E-state index contributed by atoms with van der Waals surface area (Å²) in [5.41, 5.74) is 4.27. The Bertz CT molecular complexity index is 889. The number of likely N-dealkylation sites (tertiary alicyclic amines) is 1. The first-order valence-electron chi connectivity index (χ1n) is 10.6. The number of ether oxygens (including phenoxy) is 1. The first-order chi connectivity index (χ1) is 14.4. The summed E-state index contributed by atoms with van der Waals surface area (Å²) >= 11 is 0. The summed E-state index contributed by atoms with van der Waals surface area (Å²) in [6, 6.07) is 7.87. The van der Waals surface area contributed by atoms with E-state index >= 15 is 0 Å². The van der Waals surface area contributed by atoms with Crippen molar-refractivity contribution in [3.63, 3.8) is 0 Å². The molecular formula is C23H32N4O3. The maximum Gasteiger partial charge on any atom is 0.225 e. The number of nitrogens with one attached hydrogen (secondary N) is 1. The van der Waals surface area contributed by atoms with E-state index in [-0.39, 0.29) is 17.7 Å². The average molecular weight is 413 g/mol. The highest BCUT2D eigenvalue weighted by molar-refractivity contribution is 5.83. The van der Waals surface area contributed by atoms with Gasteiger partial charge < -0.3 is 15.0 Å². The summed E-state index contributed by atoms with van der Waals surface area (Å²) in [6.45, 7) is 8.46. The molecule has 2 heterocycles. The fraction of sp³-hybridized carbons (Fsp3) is 0.522. The van der Waals surface area contributed by atoms with E-state index in [9.17, 15) is 9.59 Å². The fourth-order valence-corrected chi connectivity index (χ4v) is 4.02. The lowest BCUT2D eigenvalue weighted by Crippen LogP contribution is -2.46. The van der Waals surface area contributed by atoms with Crippen LogP contribution in [0.25, 0.3) is 0 Å². The highest BCUT2D eigenvalue weighted by Crippen LogP contribution is 2.20. The van der Waals surface area contributed by atoms with Crippen LogP contribution in [0.4, 0.5) is 0 Å². The molecule has 1 saturated heterocycles. The second-order valence-electron chi connectivity index (χ2n) is 7.86. The molecule has 0 bridgehead atoms. The van der Waals surface area contributed by atoms with E-state index in [2.05, 4.69) is 17.3 Å². The highest BCUT2D eigenvalue weighted by Gasteiger charge is 2.30. The predicted octanol–water partition coefficient (Wildman–Crippen LogP) is 2.63. The van der Waals surface area contributed by atoms with E-state index in [0.717, 1.165) is 41.2 Å². The van der Waals surface area contributed by atoms with Gasteiger partial charge >= 0.3 is 0 Å². The van der Waals surface area contributed by atoms with Crippen LogP contribution in [0.1, 0.15) is 42.3 Å². The molecule has 162 valence electrons. The van der Waals surface area contributed by atoms with Crippen LogP contribution in [0.5, 0.6) is 5.75 Å². The molecule has 0 unspecified atom stereocenters. The molecule has 1 atom stereocenters. The third-order valence-electron chi connectivity index (χ3n) is 5.97. The molecule has 7 heteroatoms. The van der Waals surface area contributed by atoms with E-state index in [4.69, 9.17) is 4.74 Å². The van der Waals surface area contributed by atoms with Crippen LogP contribution in [-0.2, 0) is 29.1 Å². The molecule has 3 rings (SSSR count). The summed E-state index contributed by atoms with van der Waals surface area (Å²) in [5.74, 6) is 0.795. The topological polar surface area (TPSA) is 76.5 Å². The van der Waals surface area contributed by atoms with E-state index in [1.54, 1.807) is 7.11 Å². The number of rotatable bonds is 8. The number of aryl methyl sites for hydroxylation is 2. The Kier molecular flexibility index (Phi) is 7.13. The third-order valence-corrected chi connectivity index (χ3v) is 5.97. The summed E-state index contributed by atoms with van der Waals surface area (Å²) in [4.78, 5) is 27.0. The molecule has 1 aromatic heterocycles. The Balaban J connectivity index is 1.54. The van der Waals surface area contributed by atoms with Crippen LogP contribution in [0.15, 0.2) is 24.3 Å². The number of nitrogens with zero attached hydrogens (tertiary/aromatic N) is 3. The van der Waals surface area contributed by atoms with Gasteiger partial charge in [-0.1, -0.05) is 12.1 Å². The second-order valence-corrected chi connectivity index (χ2v) is 7.86. The van der Waals surface area contributed by atoms with Gasteiger partial charge in [0.25, 0.3) is 0 Å². The Morgan fingerprint density at radius 3 is 2.63 bits per heavy atom. The van der Waals surface area contributed by atoms with Crippen molar-refractivity contribution in [3.8, 4) is 5.75 Å². The van der Waals surface area contributed by atoms with Gasteiger partial charge in [0.2, 0.25) is 11.8 Å². The van der Waals surface area contributed by atoms with Gasteiger partial charge in [0.15, 0.2) is 0 Å². The van der Waals surface area contributed by atoms with Crippen molar-refractivity contribution in [1.29, 1.82) is 0 Å². The molecule has 1 fully saturated rings. The fourth-order valence-electron chi connectivity index (χ4n) is 4.02. The molecule has 2 aromatic rings. The van der Waals surface area contributed by atoms with Crippen molar-refractivity contribution < 1.29 is 14.3 Å². The molecule has 1 aliphatic heterocycles. The van der Waals surface area contributed by atoms with Crippen LogP contribution in [-0.4, -0.2) is 46.7 Å². The van der Waals surface area contributed by atoms with E-state index < -0.39 is 0 Å². The number of methoxy groups -OCH3 is 1. The predicted molar refractivity (Wildman–Crippen MR) is 115 cm³/mol. The smallest absolute Gasteiger partial charge is 0.225 e. The second kappa shape index (κ2) is 9.78. The van der Waals surface area contributed by atoms with Crippen molar-refractivity contribution in [2.75, 3.05) is 20.2 Å². The minimum atomic E-state index is -0.166. The Hall–Kier alpha value is -2.83. The van der Waals surface area contributed by atoms with Crippen LogP contribution >= 0.6 is 0 Å². The molecule has 30 heavy (non-hydrogen) atoms. The van der Waals surface area contributed by atoms with Crippen LogP contribution in [0, 0.1) is 19.8 Å². The molecule has 0 aliphatic carbocycles. The molecule has 1 N–H and O–H groups in total. The van der Waals surface area contributed by atoms with E-state index in [1.807, 2.05) is 47.7 Å². The lowest BCUT2D eigenvalue weighted by molar-refractivity contribution is -0.138. The summed E-state index contributed by atoms with van der Waals surface area (Å²) < 4.78 is 7.14. The lowest BCUT2D eigenvalue weighted by Gasteiger charge is -2.32. The maximum absolute atomic E-state index is 12.8. The Labute approximate surface area is 178 Å². The monoisotopic (exact) mass is 412 g/mol. The molecular weight excluding hydrogens is 380 g/mol. The first-order valence-corrected chi connectivity index (χ1v) is 10.6. The number of amides is 2. The third kappa shape index (κ3) is 5.01. The largest absolute Gasteiger partial charge is 0.497 e. The number of hydrogen-bond donors (Lipinski definition) is 1. The molecule has 0 spiro atoms. The van der Waals surface area contributed by atoms with Crippen molar-refractivity contribution in [3.05, 3.63) is 46.8 Å². The minimum absolute atomic E-state index is 0.0139. The van der Waals surface area contributed by atoms with Gasteiger partial charge in [0.05, 0.1) is 18.7 Å². The summed E-state index contributed by atoms with van der Waals surface area (Å²) in [6.07, 6.45) is 1.79. The Morgan fingerprint density at radius 1 is 1.27 bits per heavy atom. The molecule has 0 saturated carbocycles. The lowest BCUT2D eigenvalue weighted by atomic mass is 9.96. The standard InChI is InChI=1S/C23H32N4O3/c1-5-27-17(3)21(16(2)25-27)14-24-23(29)19-8-11-22(28)26(15-19)13-12-18-6-9-20(30-4)10-7-18/h6-7,9-10,19H,5,8,11-15H2,1-4H3,(H,24,29)/t19-/m0/s1. The van der Waals surface area contributed by atoms with Gasteiger partial charge in [0.1, 0.15) is 5.75 Å².